The predicted octanol–water partition coefficient (Wildman–Crippen LogP) is 3.43. The van der Waals surface area contributed by atoms with Crippen molar-refractivity contribution < 1.29 is 33.6 Å². The molecule has 2 aromatic rings. The van der Waals surface area contributed by atoms with Gasteiger partial charge in [0.05, 0.1) is 24.0 Å². The van der Waals surface area contributed by atoms with Crippen LogP contribution in [-0.2, 0) is 46.4 Å². The maximum absolute atomic E-state index is 14.5. The number of carbonyl (C=O) groups excluding carboxylic acids is 7. The summed E-state index contributed by atoms with van der Waals surface area (Å²) in [6.07, 6.45) is 1.95. The third-order valence-corrected chi connectivity index (χ3v) is 7.71. The maximum Gasteiger partial charge on any atom is 0.201 e. The Balaban J connectivity index is 1.66. The Labute approximate surface area is 229 Å². The SMILES string of the molecule is O=C1CC=C(C2=C(C(=O)C3=C(C4=CCC(=O)CC4=O)c4ccccc4CC3=O)C(=O)Cc3ccccc32)C(=O)C1. The van der Waals surface area contributed by atoms with Crippen molar-refractivity contribution in [1.29, 1.82) is 0 Å². The van der Waals surface area contributed by atoms with Crippen LogP contribution in [0.4, 0.5) is 0 Å². The van der Waals surface area contributed by atoms with Crippen LogP contribution in [0, 0.1) is 0 Å². The lowest BCUT2D eigenvalue weighted by atomic mass is 9.72. The van der Waals surface area contributed by atoms with Gasteiger partial charge in [0.25, 0.3) is 0 Å². The van der Waals surface area contributed by atoms with Crippen molar-refractivity contribution >= 4 is 51.6 Å². The predicted molar refractivity (Wildman–Crippen MR) is 144 cm³/mol. The van der Waals surface area contributed by atoms with E-state index in [0.29, 0.717) is 22.3 Å². The molecule has 7 heteroatoms. The van der Waals surface area contributed by atoms with Crippen LogP contribution in [0.5, 0.6) is 0 Å². The van der Waals surface area contributed by atoms with Crippen LogP contribution in [0.1, 0.15) is 47.9 Å². The first-order chi connectivity index (χ1) is 19.2. The second-order valence-corrected chi connectivity index (χ2v) is 10.3. The zero-order chi connectivity index (χ0) is 28.1. The molecule has 7 nitrogen and oxygen atoms in total. The van der Waals surface area contributed by atoms with Crippen molar-refractivity contribution in [3.8, 4) is 0 Å². The van der Waals surface area contributed by atoms with Crippen molar-refractivity contribution in [3.63, 3.8) is 0 Å². The van der Waals surface area contributed by atoms with Gasteiger partial charge >= 0.3 is 0 Å². The van der Waals surface area contributed by atoms with E-state index in [4.69, 9.17) is 0 Å². The minimum atomic E-state index is -0.861. The molecule has 6 rings (SSSR count). The average molecular weight is 531 g/mol. The summed E-state index contributed by atoms with van der Waals surface area (Å²) in [5, 5.41) is 0. The molecule has 2 aromatic carbocycles. The molecule has 40 heavy (non-hydrogen) atoms. The summed E-state index contributed by atoms with van der Waals surface area (Å²) in [6, 6.07) is 13.9. The number of rotatable bonds is 4. The first-order valence-corrected chi connectivity index (χ1v) is 13.0. The van der Waals surface area contributed by atoms with Gasteiger partial charge in [-0.25, -0.2) is 0 Å². The van der Waals surface area contributed by atoms with E-state index in [0.717, 1.165) is 0 Å². The number of hydrogen-bond acceptors (Lipinski definition) is 7. The van der Waals surface area contributed by atoms with Gasteiger partial charge in [0.1, 0.15) is 11.6 Å². The van der Waals surface area contributed by atoms with E-state index in [1.807, 2.05) is 0 Å². The van der Waals surface area contributed by atoms with E-state index >= 15 is 0 Å². The Bertz CT molecular complexity index is 1630. The quantitative estimate of drug-likeness (QED) is 0.439. The number of benzene rings is 2. The van der Waals surface area contributed by atoms with Gasteiger partial charge in [-0.2, -0.15) is 0 Å². The van der Waals surface area contributed by atoms with Crippen LogP contribution in [0.3, 0.4) is 0 Å². The minimum absolute atomic E-state index is 0.0158. The molecule has 0 bridgehead atoms. The zero-order valence-electron chi connectivity index (χ0n) is 21.4. The molecule has 0 saturated heterocycles. The van der Waals surface area contributed by atoms with Crippen LogP contribution < -0.4 is 0 Å². The van der Waals surface area contributed by atoms with Gasteiger partial charge in [0.15, 0.2) is 23.1 Å². The molecule has 0 atom stereocenters. The normalized spacial score (nSPS) is 19.4. The molecule has 0 saturated carbocycles. The second-order valence-electron chi connectivity index (χ2n) is 10.3. The fourth-order valence-corrected chi connectivity index (χ4v) is 5.91. The van der Waals surface area contributed by atoms with Crippen molar-refractivity contribution in [1.82, 2.24) is 0 Å². The summed E-state index contributed by atoms with van der Waals surface area (Å²) in [7, 11) is 0. The molecule has 0 radical (unpaired) electrons. The highest BCUT2D eigenvalue weighted by atomic mass is 16.2. The Hall–Kier alpha value is -4.91. The molecule has 0 aliphatic heterocycles. The Morgan fingerprint density at radius 3 is 1.30 bits per heavy atom. The highest BCUT2D eigenvalue weighted by Gasteiger charge is 2.41. The number of allylic oxidation sites excluding steroid dienone is 8. The molecule has 0 heterocycles. The number of hydrogen-bond donors (Lipinski definition) is 0. The minimum Gasteiger partial charge on any atom is -0.299 e. The van der Waals surface area contributed by atoms with Crippen LogP contribution >= 0.6 is 0 Å². The van der Waals surface area contributed by atoms with E-state index in [9.17, 15) is 33.6 Å². The third kappa shape index (κ3) is 4.11. The molecule has 4 aliphatic carbocycles. The van der Waals surface area contributed by atoms with Crippen molar-refractivity contribution in [2.45, 2.75) is 38.5 Å². The summed E-state index contributed by atoms with van der Waals surface area (Å²) in [5.74, 6) is -3.50. The third-order valence-electron chi connectivity index (χ3n) is 7.71. The number of ketones is 7. The first kappa shape index (κ1) is 25.4. The Kier molecular flexibility index (Phi) is 6.14. The van der Waals surface area contributed by atoms with Crippen molar-refractivity contribution in [2.75, 3.05) is 0 Å². The highest BCUT2D eigenvalue weighted by Crippen LogP contribution is 2.42. The lowest BCUT2D eigenvalue weighted by Crippen LogP contribution is -2.31. The van der Waals surface area contributed by atoms with Crippen molar-refractivity contribution in [2.24, 2.45) is 0 Å². The van der Waals surface area contributed by atoms with E-state index in [1.54, 1.807) is 48.5 Å². The topological polar surface area (TPSA) is 119 Å². The van der Waals surface area contributed by atoms with Gasteiger partial charge in [-0.05, 0) is 22.3 Å². The van der Waals surface area contributed by atoms with E-state index in [-0.39, 0.29) is 83.5 Å². The lowest BCUT2D eigenvalue weighted by Gasteiger charge is -2.28. The van der Waals surface area contributed by atoms with Gasteiger partial charge in [0.2, 0.25) is 5.78 Å². The molecular weight excluding hydrogens is 508 g/mol. The first-order valence-electron chi connectivity index (χ1n) is 13.0. The summed E-state index contributed by atoms with van der Waals surface area (Å²) in [6.45, 7) is 0. The average Bonchev–Trinajstić information content (AvgIpc) is 2.92. The van der Waals surface area contributed by atoms with Crippen LogP contribution in [-0.4, -0.2) is 40.5 Å². The number of Topliss-reactive ketones (excluding diaryl/α,β-unsaturated/α-hetero) is 7. The van der Waals surface area contributed by atoms with Gasteiger partial charge in [0, 0.05) is 48.0 Å². The fourth-order valence-electron chi connectivity index (χ4n) is 5.91. The number of carbonyl (C=O) groups is 7. The molecule has 0 fully saturated rings. The van der Waals surface area contributed by atoms with E-state index in [1.165, 1.54) is 12.2 Å². The second kappa shape index (κ2) is 9.68. The maximum atomic E-state index is 14.5. The molecule has 0 spiro atoms. The van der Waals surface area contributed by atoms with Gasteiger partial charge in [-0.15, -0.1) is 0 Å². The Morgan fingerprint density at radius 1 is 0.500 bits per heavy atom. The van der Waals surface area contributed by atoms with Gasteiger partial charge in [-0.1, -0.05) is 60.7 Å². The zero-order valence-corrected chi connectivity index (χ0v) is 21.4. The summed E-state index contributed by atoms with van der Waals surface area (Å²) < 4.78 is 0. The monoisotopic (exact) mass is 530 g/mol. The molecule has 4 aliphatic rings. The molecular formula is C33H22O7. The number of fused-ring (bicyclic) bond motifs is 2. The molecule has 0 amide bonds. The summed E-state index contributed by atoms with van der Waals surface area (Å²) in [4.78, 5) is 91.9. The van der Waals surface area contributed by atoms with Gasteiger partial charge in [-0.3, -0.25) is 33.6 Å². The standard InChI is InChI=1S/C33H22O7/c34-19-9-11-23(25(36)15-19)29-21-7-3-1-5-17(21)13-27(38)31(29)33(40)32-28(39)14-18-6-2-4-8-22(18)30(32)24-12-10-20(35)16-26(24)37/h1-8,11-12H,9-10,13-16H2. The fraction of sp³-hybridized carbons (Fsp3) is 0.182. The smallest absolute Gasteiger partial charge is 0.201 e. The molecule has 0 unspecified atom stereocenters. The molecule has 0 aromatic heterocycles. The van der Waals surface area contributed by atoms with Crippen LogP contribution in [0.15, 0.2) is 83.0 Å². The highest BCUT2D eigenvalue weighted by molar-refractivity contribution is 6.44. The Morgan fingerprint density at radius 2 is 0.900 bits per heavy atom. The van der Waals surface area contributed by atoms with Crippen LogP contribution in [0.25, 0.3) is 11.1 Å². The summed E-state index contributed by atoms with van der Waals surface area (Å²) >= 11 is 0. The molecule has 0 N–H and O–H groups in total. The summed E-state index contributed by atoms with van der Waals surface area (Å²) in [5.41, 5.74) is 2.14. The van der Waals surface area contributed by atoms with Crippen LogP contribution in [0.2, 0.25) is 0 Å². The van der Waals surface area contributed by atoms with Crippen molar-refractivity contribution in [3.05, 3.63) is 105 Å². The lowest BCUT2D eigenvalue weighted by molar-refractivity contribution is -0.126. The van der Waals surface area contributed by atoms with Gasteiger partial charge < -0.3 is 0 Å². The van der Waals surface area contributed by atoms with E-state index < -0.39 is 28.9 Å². The largest absolute Gasteiger partial charge is 0.299 e. The molecule has 196 valence electrons. The van der Waals surface area contributed by atoms with E-state index in [2.05, 4.69) is 0 Å².